The van der Waals surface area contributed by atoms with Crippen LogP contribution in [0.4, 0.5) is 5.69 Å². The lowest BCUT2D eigenvalue weighted by Gasteiger charge is -2.12. The van der Waals surface area contributed by atoms with Crippen LogP contribution in [0.1, 0.15) is 10.5 Å². The molecule has 2 aromatic carbocycles. The molecule has 0 aliphatic carbocycles. The quantitative estimate of drug-likeness (QED) is 0.470. The van der Waals surface area contributed by atoms with Crippen molar-refractivity contribution in [2.24, 2.45) is 0 Å². The summed E-state index contributed by atoms with van der Waals surface area (Å²) in [5, 5.41) is 4.08. The first-order valence-electron chi connectivity index (χ1n) is 9.44. The highest BCUT2D eigenvalue weighted by atomic mass is 32.1. The lowest BCUT2D eigenvalue weighted by Crippen LogP contribution is -2.18. The highest BCUT2D eigenvalue weighted by Crippen LogP contribution is 2.22. The largest absolute Gasteiger partial charge is 0.346 e. The Balaban J connectivity index is 1.58. The first kappa shape index (κ1) is 19.2. The molecule has 0 atom stereocenters. The molecule has 148 valence electrons. The number of nitrogens with zero attached hydrogens (tertiary/aromatic N) is 3. The maximum Gasteiger partial charge on any atom is 0.274 e. The number of amides is 1. The van der Waals surface area contributed by atoms with Gasteiger partial charge in [0.15, 0.2) is 4.77 Å². The van der Waals surface area contributed by atoms with Gasteiger partial charge in [-0.15, -0.1) is 0 Å². The summed E-state index contributed by atoms with van der Waals surface area (Å²) < 4.78 is 4.44. The number of benzene rings is 2. The molecule has 0 saturated heterocycles. The third kappa shape index (κ3) is 4.01. The number of H-pyrrole nitrogens is 1. The first-order chi connectivity index (χ1) is 14.0. The van der Waals surface area contributed by atoms with Gasteiger partial charge >= 0.3 is 0 Å². The van der Waals surface area contributed by atoms with E-state index in [0.29, 0.717) is 10.5 Å². The Bertz CT molecular complexity index is 1200. The van der Waals surface area contributed by atoms with Crippen molar-refractivity contribution in [3.8, 4) is 5.69 Å². The fourth-order valence-corrected chi connectivity index (χ4v) is 3.61. The Morgan fingerprint density at radius 2 is 1.93 bits per heavy atom. The summed E-state index contributed by atoms with van der Waals surface area (Å²) in [5.74, 6) is -0.215. The standard InChI is InChI=1S/C22H23N5OS/c1-25(2)12-13-26-11-10-16-14-17(8-9-19(16)26)24-21(28)20-15-23-22(29)27(20)18-6-4-3-5-7-18/h3-11,14-15H,12-13H2,1-2H3,(H,23,29)(H,24,28). The molecule has 4 aromatic rings. The van der Waals surface area contributed by atoms with Gasteiger partial charge in [-0.25, -0.2) is 0 Å². The number of carbonyl (C=O) groups is 1. The van der Waals surface area contributed by atoms with E-state index in [1.54, 1.807) is 10.8 Å². The Morgan fingerprint density at radius 3 is 2.69 bits per heavy atom. The number of rotatable bonds is 6. The first-order valence-corrected chi connectivity index (χ1v) is 9.84. The summed E-state index contributed by atoms with van der Waals surface area (Å²) in [7, 11) is 4.13. The number of fused-ring (bicyclic) bond motifs is 1. The van der Waals surface area contributed by atoms with Crippen LogP contribution in [0.2, 0.25) is 0 Å². The highest BCUT2D eigenvalue weighted by Gasteiger charge is 2.15. The summed E-state index contributed by atoms with van der Waals surface area (Å²) in [6.45, 7) is 1.89. The Morgan fingerprint density at radius 1 is 1.14 bits per heavy atom. The number of nitrogens with one attached hydrogen (secondary N) is 2. The van der Waals surface area contributed by atoms with Gasteiger partial charge in [-0.1, -0.05) is 18.2 Å². The highest BCUT2D eigenvalue weighted by molar-refractivity contribution is 7.71. The van der Waals surface area contributed by atoms with E-state index >= 15 is 0 Å². The molecule has 29 heavy (non-hydrogen) atoms. The molecule has 2 aromatic heterocycles. The predicted octanol–water partition coefficient (Wildman–Crippen LogP) is 4.30. The van der Waals surface area contributed by atoms with Crippen LogP contribution >= 0.6 is 12.2 Å². The molecule has 7 heteroatoms. The molecule has 0 radical (unpaired) electrons. The van der Waals surface area contributed by atoms with Crippen molar-refractivity contribution in [2.45, 2.75) is 6.54 Å². The maximum absolute atomic E-state index is 12.9. The van der Waals surface area contributed by atoms with Crippen molar-refractivity contribution in [2.75, 3.05) is 26.0 Å². The van der Waals surface area contributed by atoms with Crippen molar-refractivity contribution in [3.63, 3.8) is 0 Å². The number of likely N-dealkylation sites (N-methyl/N-ethyl adjacent to an activating group) is 1. The van der Waals surface area contributed by atoms with Gasteiger partial charge in [0, 0.05) is 47.8 Å². The van der Waals surface area contributed by atoms with Gasteiger partial charge in [0.2, 0.25) is 0 Å². The zero-order valence-electron chi connectivity index (χ0n) is 16.4. The predicted molar refractivity (Wildman–Crippen MR) is 119 cm³/mol. The van der Waals surface area contributed by atoms with Gasteiger partial charge in [-0.3, -0.25) is 9.36 Å². The molecule has 1 amide bonds. The number of hydrogen-bond donors (Lipinski definition) is 2. The number of aromatic amines is 1. The Labute approximate surface area is 174 Å². The van der Waals surface area contributed by atoms with Crippen LogP contribution in [0.5, 0.6) is 0 Å². The molecule has 2 N–H and O–H groups in total. The lowest BCUT2D eigenvalue weighted by atomic mass is 10.2. The van der Waals surface area contributed by atoms with Gasteiger partial charge in [-0.2, -0.15) is 0 Å². The van der Waals surface area contributed by atoms with Crippen molar-refractivity contribution in [3.05, 3.63) is 77.5 Å². The fourth-order valence-electron chi connectivity index (χ4n) is 3.34. The average Bonchev–Trinajstić information content (AvgIpc) is 3.30. The topological polar surface area (TPSA) is 58.0 Å². The van der Waals surface area contributed by atoms with Crippen LogP contribution in [-0.4, -0.2) is 45.6 Å². The summed E-state index contributed by atoms with van der Waals surface area (Å²) >= 11 is 5.37. The molecule has 0 spiro atoms. The molecule has 0 saturated carbocycles. The van der Waals surface area contributed by atoms with E-state index in [2.05, 4.69) is 46.1 Å². The SMILES string of the molecule is CN(C)CCn1ccc2cc(NC(=O)c3c[nH]c(=S)n3-c3ccccc3)ccc21. The monoisotopic (exact) mass is 405 g/mol. The molecule has 6 nitrogen and oxygen atoms in total. The second kappa shape index (κ2) is 8.06. The third-order valence-electron chi connectivity index (χ3n) is 4.84. The van der Waals surface area contributed by atoms with E-state index in [0.717, 1.165) is 35.4 Å². The molecule has 0 aliphatic rings. The van der Waals surface area contributed by atoms with E-state index in [1.807, 2.05) is 48.5 Å². The second-order valence-corrected chi connectivity index (χ2v) is 7.58. The lowest BCUT2D eigenvalue weighted by molar-refractivity contribution is 0.102. The molecule has 2 heterocycles. The van der Waals surface area contributed by atoms with Crippen LogP contribution in [0.25, 0.3) is 16.6 Å². The van der Waals surface area contributed by atoms with Crippen LogP contribution < -0.4 is 5.32 Å². The van der Waals surface area contributed by atoms with E-state index in [4.69, 9.17) is 12.2 Å². The summed E-state index contributed by atoms with van der Waals surface area (Å²) in [4.78, 5) is 18.1. The normalized spacial score (nSPS) is 11.3. The van der Waals surface area contributed by atoms with Gasteiger partial charge in [0.05, 0.1) is 0 Å². The van der Waals surface area contributed by atoms with Crippen molar-refractivity contribution in [1.29, 1.82) is 0 Å². The molecule has 0 unspecified atom stereocenters. The molecular formula is C22H23N5OS. The van der Waals surface area contributed by atoms with Gasteiger partial charge in [-0.05, 0) is 62.7 Å². The fraction of sp³-hybridized carbons (Fsp3) is 0.182. The number of hydrogen-bond acceptors (Lipinski definition) is 3. The zero-order chi connectivity index (χ0) is 20.4. The van der Waals surface area contributed by atoms with Crippen LogP contribution in [0.3, 0.4) is 0 Å². The van der Waals surface area contributed by atoms with Gasteiger partial charge < -0.3 is 19.8 Å². The minimum atomic E-state index is -0.215. The molecule has 0 aliphatic heterocycles. The van der Waals surface area contributed by atoms with Gasteiger partial charge in [0.1, 0.15) is 5.69 Å². The molecule has 4 rings (SSSR count). The average molecular weight is 406 g/mol. The maximum atomic E-state index is 12.9. The Kier molecular flexibility index (Phi) is 5.33. The van der Waals surface area contributed by atoms with E-state index in [-0.39, 0.29) is 5.91 Å². The third-order valence-corrected chi connectivity index (χ3v) is 5.14. The second-order valence-electron chi connectivity index (χ2n) is 7.19. The zero-order valence-corrected chi connectivity index (χ0v) is 17.2. The van der Waals surface area contributed by atoms with Gasteiger partial charge in [0.25, 0.3) is 5.91 Å². The van der Waals surface area contributed by atoms with Crippen LogP contribution in [0, 0.1) is 4.77 Å². The number of carbonyl (C=O) groups excluding carboxylic acids is 1. The molecule has 0 bridgehead atoms. The Hall–Kier alpha value is -3.16. The summed E-state index contributed by atoms with van der Waals surface area (Å²) in [6.07, 6.45) is 3.72. The van der Waals surface area contributed by atoms with Crippen LogP contribution in [-0.2, 0) is 6.54 Å². The van der Waals surface area contributed by atoms with Crippen molar-refractivity contribution in [1.82, 2.24) is 19.0 Å². The number of imidazole rings is 1. The van der Waals surface area contributed by atoms with Crippen molar-refractivity contribution >= 4 is 34.7 Å². The minimum absolute atomic E-state index is 0.215. The molecule has 0 fully saturated rings. The van der Waals surface area contributed by atoms with Crippen LogP contribution in [0.15, 0.2) is 67.0 Å². The number of anilines is 1. The number of para-hydroxylation sites is 1. The number of aromatic nitrogens is 3. The van der Waals surface area contributed by atoms with E-state index in [9.17, 15) is 4.79 Å². The smallest absolute Gasteiger partial charge is 0.274 e. The minimum Gasteiger partial charge on any atom is -0.346 e. The summed E-state index contributed by atoms with van der Waals surface area (Å²) in [6, 6.07) is 17.6. The van der Waals surface area contributed by atoms with E-state index in [1.165, 1.54) is 0 Å². The summed E-state index contributed by atoms with van der Waals surface area (Å²) in [5.41, 5.74) is 3.21. The molecular weight excluding hydrogens is 382 g/mol. The van der Waals surface area contributed by atoms with Crippen molar-refractivity contribution < 1.29 is 4.79 Å². The van der Waals surface area contributed by atoms with E-state index < -0.39 is 0 Å².